The smallest absolute Gasteiger partial charge is 0.234 e. The molecule has 2 saturated carbocycles. The van der Waals surface area contributed by atoms with E-state index in [4.69, 9.17) is 0 Å². The van der Waals surface area contributed by atoms with Gasteiger partial charge >= 0.3 is 0 Å². The number of carbonyl (C=O) groups excluding carboxylic acids is 1. The molecule has 4 rings (SSSR count). The molecule has 1 aromatic rings. The normalized spacial score (nSPS) is 22.7. The Morgan fingerprint density at radius 2 is 1.54 bits per heavy atom. The van der Waals surface area contributed by atoms with Crippen LogP contribution in [0.2, 0.25) is 0 Å². The molecule has 0 aromatic heterocycles. The molecular formula is C20H29N3O. The molecule has 1 saturated heterocycles. The lowest BCUT2D eigenvalue weighted by Crippen LogP contribution is -2.50. The van der Waals surface area contributed by atoms with E-state index < -0.39 is 0 Å². The van der Waals surface area contributed by atoms with Crippen molar-refractivity contribution in [3.05, 3.63) is 35.9 Å². The molecule has 3 aliphatic rings. The Hall–Kier alpha value is -1.39. The summed E-state index contributed by atoms with van der Waals surface area (Å²) in [7, 11) is 0. The van der Waals surface area contributed by atoms with Crippen LogP contribution in [0.25, 0.3) is 0 Å². The highest BCUT2D eigenvalue weighted by atomic mass is 16.2. The number of piperazine rings is 1. The highest BCUT2D eigenvalue weighted by Gasteiger charge is 2.42. The molecule has 0 bridgehead atoms. The summed E-state index contributed by atoms with van der Waals surface area (Å²) < 4.78 is 0. The summed E-state index contributed by atoms with van der Waals surface area (Å²) in [6, 6.07) is 11.1. The Bertz CT molecular complexity index is 533. The lowest BCUT2D eigenvalue weighted by atomic mass is 10.1. The first kappa shape index (κ1) is 16.1. The quantitative estimate of drug-likeness (QED) is 0.833. The van der Waals surface area contributed by atoms with Gasteiger partial charge in [0.15, 0.2) is 0 Å². The van der Waals surface area contributed by atoms with Crippen LogP contribution in [-0.4, -0.2) is 54.5 Å². The third-order valence-corrected chi connectivity index (χ3v) is 5.67. The Labute approximate surface area is 145 Å². The summed E-state index contributed by atoms with van der Waals surface area (Å²) in [5.41, 5.74) is 1.38. The van der Waals surface area contributed by atoms with Gasteiger partial charge in [0.1, 0.15) is 0 Å². The maximum Gasteiger partial charge on any atom is 0.234 e. The van der Waals surface area contributed by atoms with Crippen LogP contribution in [-0.2, 0) is 11.3 Å². The molecule has 4 heteroatoms. The molecule has 1 aromatic carbocycles. The van der Waals surface area contributed by atoms with Gasteiger partial charge in [-0.1, -0.05) is 30.3 Å². The molecule has 0 radical (unpaired) electrons. The summed E-state index contributed by atoms with van der Waals surface area (Å²) in [4.78, 5) is 17.2. The molecular weight excluding hydrogens is 298 g/mol. The zero-order valence-corrected chi connectivity index (χ0v) is 14.5. The van der Waals surface area contributed by atoms with Gasteiger partial charge in [-0.05, 0) is 43.1 Å². The highest BCUT2D eigenvalue weighted by Crippen LogP contribution is 2.44. The first-order chi connectivity index (χ1) is 11.8. The molecule has 1 N–H and O–H groups in total. The van der Waals surface area contributed by atoms with Gasteiger partial charge in [-0.15, -0.1) is 0 Å². The molecule has 1 amide bonds. The summed E-state index contributed by atoms with van der Waals surface area (Å²) >= 11 is 0. The van der Waals surface area contributed by atoms with Crippen molar-refractivity contribution in [1.29, 1.82) is 0 Å². The molecule has 2 aliphatic carbocycles. The summed E-state index contributed by atoms with van der Waals surface area (Å²) in [5, 5.41) is 3.35. The van der Waals surface area contributed by atoms with E-state index in [0.29, 0.717) is 12.6 Å². The van der Waals surface area contributed by atoms with E-state index in [1.54, 1.807) is 0 Å². The average molecular weight is 327 g/mol. The van der Waals surface area contributed by atoms with Crippen molar-refractivity contribution in [1.82, 2.24) is 15.1 Å². The molecule has 1 aliphatic heterocycles. The number of benzene rings is 1. The Kier molecular flexibility index (Phi) is 4.86. The number of hydrogen-bond donors (Lipinski definition) is 1. The third kappa shape index (κ3) is 4.37. The van der Waals surface area contributed by atoms with Gasteiger partial charge in [-0.3, -0.25) is 14.6 Å². The van der Waals surface area contributed by atoms with Crippen LogP contribution in [0.3, 0.4) is 0 Å². The van der Waals surface area contributed by atoms with Gasteiger partial charge in [0.05, 0.1) is 6.54 Å². The van der Waals surface area contributed by atoms with Gasteiger partial charge in [0.2, 0.25) is 5.91 Å². The molecule has 0 unspecified atom stereocenters. The van der Waals surface area contributed by atoms with Gasteiger partial charge in [-0.25, -0.2) is 0 Å². The second-order valence-electron chi connectivity index (χ2n) is 7.81. The van der Waals surface area contributed by atoms with E-state index in [0.717, 1.165) is 44.6 Å². The SMILES string of the molecule is O=C(CN1CCN(Cc2ccccc2)CC1)NC(C1CC1)C1CC1. The first-order valence-electron chi connectivity index (χ1n) is 9.56. The molecule has 24 heavy (non-hydrogen) atoms. The van der Waals surface area contributed by atoms with Crippen LogP contribution in [0.4, 0.5) is 0 Å². The fourth-order valence-electron chi connectivity index (χ4n) is 3.91. The highest BCUT2D eigenvalue weighted by molar-refractivity contribution is 5.78. The number of hydrogen-bond acceptors (Lipinski definition) is 3. The Morgan fingerprint density at radius 1 is 0.958 bits per heavy atom. The minimum absolute atomic E-state index is 0.246. The lowest BCUT2D eigenvalue weighted by Gasteiger charge is -2.34. The van der Waals surface area contributed by atoms with Crippen molar-refractivity contribution in [2.24, 2.45) is 11.8 Å². The maximum atomic E-state index is 12.4. The minimum Gasteiger partial charge on any atom is -0.352 e. The number of nitrogens with zero attached hydrogens (tertiary/aromatic N) is 2. The molecule has 4 nitrogen and oxygen atoms in total. The van der Waals surface area contributed by atoms with Crippen molar-refractivity contribution >= 4 is 5.91 Å². The van der Waals surface area contributed by atoms with Crippen LogP contribution in [0.5, 0.6) is 0 Å². The summed E-state index contributed by atoms with van der Waals surface area (Å²) in [5.74, 6) is 1.81. The minimum atomic E-state index is 0.246. The largest absolute Gasteiger partial charge is 0.352 e. The van der Waals surface area contributed by atoms with Gasteiger partial charge < -0.3 is 5.32 Å². The Morgan fingerprint density at radius 3 is 2.12 bits per heavy atom. The van der Waals surface area contributed by atoms with E-state index in [9.17, 15) is 4.79 Å². The zero-order chi connectivity index (χ0) is 16.4. The van der Waals surface area contributed by atoms with Crippen molar-refractivity contribution in [2.75, 3.05) is 32.7 Å². The molecule has 0 spiro atoms. The van der Waals surface area contributed by atoms with Crippen molar-refractivity contribution in [3.8, 4) is 0 Å². The zero-order valence-electron chi connectivity index (χ0n) is 14.5. The monoisotopic (exact) mass is 327 g/mol. The second kappa shape index (κ2) is 7.24. The van der Waals surface area contributed by atoms with Gasteiger partial charge in [0.25, 0.3) is 0 Å². The van der Waals surface area contributed by atoms with E-state index in [1.165, 1.54) is 31.2 Å². The average Bonchev–Trinajstić information content (AvgIpc) is 3.49. The maximum absolute atomic E-state index is 12.4. The van der Waals surface area contributed by atoms with Crippen LogP contribution >= 0.6 is 0 Å². The van der Waals surface area contributed by atoms with E-state index in [1.807, 2.05) is 0 Å². The number of amides is 1. The van der Waals surface area contributed by atoms with E-state index in [2.05, 4.69) is 45.4 Å². The number of rotatable bonds is 7. The molecule has 130 valence electrons. The van der Waals surface area contributed by atoms with Crippen LogP contribution in [0, 0.1) is 11.8 Å². The van der Waals surface area contributed by atoms with Crippen molar-refractivity contribution in [2.45, 2.75) is 38.3 Å². The molecule has 0 atom stereocenters. The number of nitrogens with one attached hydrogen (secondary N) is 1. The van der Waals surface area contributed by atoms with Crippen LogP contribution < -0.4 is 5.32 Å². The fourth-order valence-corrected chi connectivity index (χ4v) is 3.91. The number of carbonyl (C=O) groups is 1. The summed E-state index contributed by atoms with van der Waals surface area (Å²) in [6.45, 7) is 5.70. The van der Waals surface area contributed by atoms with Gasteiger partial charge in [-0.2, -0.15) is 0 Å². The van der Waals surface area contributed by atoms with Crippen molar-refractivity contribution < 1.29 is 4.79 Å². The summed E-state index contributed by atoms with van der Waals surface area (Å²) in [6.07, 6.45) is 5.28. The third-order valence-electron chi connectivity index (χ3n) is 5.67. The van der Waals surface area contributed by atoms with Gasteiger partial charge in [0, 0.05) is 38.8 Å². The van der Waals surface area contributed by atoms with Crippen molar-refractivity contribution in [3.63, 3.8) is 0 Å². The molecule has 3 fully saturated rings. The van der Waals surface area contributed by atoms with Crippen LogP contribution in [0.15, 0.2) is 30.3 Å². The second-order valence-corrected chi connectivity index (χ2v) is 7.81. The topological polar surface area (TPSA) is 35.6 Å². The van der Waals surface area contributed by atoms with Crippen LogP contribution in [0.1, 0.15) is 31.2 Å². The van der Waals surface area contributed by atoms with E-state index >= 15 is 0 Å². The standard InChI is InChI=1S/C20H29N3O/c24-19(21-20(17-6-7-17)18-8-9-18)15-23-12-10-22(11-13-23)14-16-4-2-1-3-5-16/h1-5,17-18,20H,6-15H2,(H,21,24). The molecule has 1 heterocycles. The fraction of sp³-hybridized carbons (Fsp3) is 0.650. The predicted octanol–water partition coefficient (Wildman–Crippen LogP) is 2.11. The predicted molar refractivity (Wildman–Crippen MR) is 95.5 cm³/mol. The lowest BCUT2D eigenvalue weighted by molar-refractivity contribution is -0.123. The first-order valence-corrected chi connectivity index (χ1v) is 9.56. The Balaban J connectivity index is 1.19. The van der Waals surface area contributed by atoms with E-state index in [-0.39, 0.29) is 5.91 Å².